The summed E-state index contributed by atoms with van der Waals surface area (Å²) >= 11 is 5.98. The highest BCUT2D eigenvalue weighted by molar-refractivity contribution is 6.30. The predicted molar refractivity (Wildman–Crippen MR) is 156 cm³/mol. The number of hydrogen-bond acceptors (Lipinski definition) is 3. The van der Waals surface area contributed by atoms with E-state index in [0.29, 0.717) is 29.7 Å². The zero-order valence-corrected chi connectivity index (χ0v) is 23.2. The molecule has 0 spiro atoms. The lowest BCUT2D eigenvalue weighted by atomic mass is 9.99. The zero-order valence-electron chi connectivity index (χ0n) is 22.5. The van der Waals surface area contributed by atoms with Crippen LogP contribution in [0.4, 0.5) is 0 Å². The normalized spacial score (nSPS) is 12.0. The van der Waals surface area contributed by atoms with E-state index in [0.717, 1.165) is 62.2 Å². The summed E-state index contributed by atoms with van der Waals surface area (Å²) in [5, 5.41) is 3.56. The minimum atomic E-state index is -0.0806. The summed E-state index contributed by atoms with van der Waals surface area (Å²) in [6.07, 6.45) is 5.94. The summed E-state index contributed by atoms with van der Waals surface area (Å²) in [5.41, 5.74) is 4.17. The highest BCUT2D eigenvalue weighted by Gasteiger charge is 2.11. The van der Waals surface area contributed by atoms with E-state index in [1.165, 1.54) is 11.1 Å². The van der Waals surface area contributed by atoms with Gasteiger partial charge in [-0.05, 0) is 79.6 Å². The second-order valence-electron chi connectivity index (χ2n) is 9.83. The first-order valence-corrected chi connectivity index (χ1v) is 14.1. The van der Waals surface area contributed by atoms with Crippen LogP contribution in [0.25, 0.3) is 11.0 Å². The van der Waals surface area contributed by atoms with E-state index in [4.69, 9.17) is 21.3 Å². The molecule has 0 aliphatic rings. The molecule has 38 heavy (non-hydrogen) atoms. The van der Waals surface area contributed by atoms with Gasteiger partial charge < -0.3 is 14.6 Å². The van der Waals surface area contributed by atoms with Gasteiger partial charge in [0.1, 0.15) is 11.6 Å². The minimum absolute atomic E-state index is 0.0806. The van der Waals surface area contributed by atoms with Gasteiger partial charge in [0.2, 0.25) is 0 Å². The SMILES string of the molecule is CCC(C)c1ccc(OCCCn2c(CCCCCNC(=O)c3cccc(Cl)c3)nc3ccccc32)cc1. The van der Waals surface area contributed by atoms with Gasteiger partial charge in [-0.3, -0.25) is 4.79 Å². The molecule has 1 amide bonds. The third-order valence-electron chi connectivity index (χ3n) is 7.04. The van der Waals surface area contributed by atoms with Gasteiger partial charge in [0.05, 0.1) is 17.6 Å². The molecule has 0 radical (unpaired) electrons. The summed E-state index contributed by atoms with van der Waals surface area (Å²) in [6.45, 7) is 6.66. The lowest BCUT2D eigenvalue weighted by Gasteiger charge is -2.12. The molecule has 1 aromatic heterocycles. The minimum Gasteiger partial charge on any atom is -0.494 e. The number of para-hydroxylation sites is 2. The Morgan fingerprint density at radius 3 is 2.61 bits per heavy atom. The summed E-state index contributed by atoms with van der Waals surface area (Å²) < 4.78 is 8.37. The third-order valence-corrected chi connectivity index (χ3v) is 7.27. The van der Waals surface area contributed by atoms with Crippen LogP contribution in [-0.2, 0) is 13.0 Å². The molecule has 0 bridgehead atoms. The van der Waals surface area contributed by atoms with Gasteiger partial charge in [-0.2, -0.15) is 0 Å². The van der Waals surface area contributed by atoms with Crippen molar-refractivity contribution in [2.45, 2.75) is 64.8 Å². The number of halogens is 1. The highest BCUT2D eigenvalue weighted by atomic mass is 35.5. The van der Waals surface area contributed by atoms with Gasteiger partial charge in [-0.1, -0.05) is 62.2 Å². The second-order valence-corrected chi connectivity index (χ2v) is 10.3. The molecule has 1 unspecified atom stereocenters. The van der Waals surface area contributed by atoms with Crippen LogP contribution < -0.4 is 10.1 Å². The first kappa shape index (κ1) is 27.7. The van der Waals surface area contributed by atoms with Crippen LogP contribution in [0.2, 0.25) is 5.02 Å². The molecule has 0 saturated carbocycles. The Hall–Kier alpha value is -3.31. The molecule has 0 aliphatic heterocycles. The van der Waals surface area contributed by atoms with Crippen molar-refractivity contribution >= 4 is 28.5 Å². The predicted octanol–water partition coefficient (Wildman–Crippen LogP) is 7.82. The van der Waals surface area contributed by atoms with E-state index in [9.17, 15) is 4.79 Å². The van der Waals surface area contributed by atoms with Crippen LogP contribution in [0.1, 0.15) is 73.6 Å². The Bertz CT molecular complexity index is 1320. The number of carbonyl (C=O) groups excluding carboxylic acids is 1. The van der Waals surface area contributed by atoms with E-state index in [2.05, 4.69) is 66.2 Å². The zero-order chi connectivity index (χ0) is 26.7. The fourth-order valence-corrected chi connectivity index (χ4v) is 4.82. The molecule has 0 saturated heterocycles. The van der Waals surface area contributed by atoms with Crippen molar-refractivity contribution in [1.82, 2.24) is 14.9 Å². The molecule has 1 heterocycles. The summed E-state index contributed by atoms with van der Waals surface area (Å²) in [7, 11) is 0. The Morgan fingerprint density at radius 2 is 1.82 bits per heavy atom. The number of aryl methyl sites for hydroxylation is 2. The number of nitrogens with zero attached hydrogens (tertiary/aromatic N) is 2. The molecule has 5 nitrogen and oxygen atoms in total. The highest BCUT2D eigenvalue weighted by Crippen LogP contribution is 2.22. The number of imidazole rings is 1. The quantitative estimate of drug-likeness (QED) is 0.169. The Labute approximate surface area is 231 Å². The molecule has 0 fully saturated rings. The number of hydrogen-bond donors (Lipinski definition) is 1. The number of benzene rings is 3. The molecule has 6 heteroatoms. The van der Waals surface area contributed by atoms with Crippen molar-refractivity contribution < 1.29 is 9.53 Å². The van der Waals surface area contributed by atoms with Crippen molar-refractivity contribution in [3.8, 4) is 5.75 Å². The first-order valence-electron chi connectivity index (χ1n) is 13.8. The fourth-order valence-electron chi connectivity index (χ4n) is 4.63. The smallest absolute Gasteiger partial charge is 0.251 e. The summed E-state index contributed by atoms with van der Waals surface area (Å²) in [5.74, 6) is 2.54. The molecular formula is C32H38ClN3O2. The van der Waals surface area contributed by atoms with Crippen LogP contribution in [0.15, 0.2) is 72.8 Å². The van der Waals surface area contributed by atoms with Crippen molar-refractivity contribution in [2.24, 2.45) is 0 Å². The van der Waals surface area contributed by atoms with E-state index in [1.54, 1.807) is 24.3 Å². The molecular weight excluding hydrogens is 494 g/mol. The summed E-state index contributed by atoms with van der Waals surface area (Å²) in [4.78, 5) is 17.2. The third kappa shape index (κ3) is 7.61. The molecule has 1 atom stereocenters. The lowest BCUT2D eigenvalue weighted by molar-refractivity contribution is 0.0953. The van der Waals surface area contributed by atoms with Crippen molar-refractivity contribution in [3.63, 3.8) is 0 Å². The monoisotopic (exact) mass is 531 g/mol. The van der Waals surface area contributed by atoms with Crippen LogP contribution in [-0.4, -0.2) is 28.6 Å². The van der Waals surface area contributed by atoms with Gasteiger partial charge in [-0.25, -0.2) is 4.98 Å². The van der Waals surface area contributed by atoms with Crippen molar-refractivity contribution in [2.75, 3.05) is 13.2 Å². The topological polar surface area (TPSA) is 56.1 Å². The number of unbranched alkanes of at least 4 members (excludes halogenated alkanes) is 2. The number of fused-ring (bicyclic) bond motifs is 1. The number of amides is 1. The molecule has 4 rings (SSSR count). The molecule has 0 aliphatic carbocycles. The average molecular weight is 532 g/mol. The average Bonchev–Trinajstić information content (AvgIpc) is 3.30. The van der Waals surface area contributed by atoms with Gasteiger partial charge in [0, 0.05) is 30.1 Å². The summed E-state index contributed by atoms with van der Waals surface area (Å²) in [6, 6.07) is 23.9. The maximum atomic E-state index is 12.3. The van der Waals surface area contributed by atoms with E-state index in [-0.39, 0.29) is 5.91 Å². The van der Waals surface area contributed by atoms with Crippen LogP contribution in [0, 0.1) is 0 Å². The van der Waals surface area contributed by atoms with Gasteiger partial charge in [-0.15, -0.1) is 0 Å². The van der Waals surface area contributed by atoms with Crippen LogP contribution in [0.5, 0.6) is 5.75 Å². The van der Waals surface area contributed by atoms with Gasteiger partial charge in [0.15, 0.2) is 0 Å². The standard InChI is InChI=1S/C32H38ClN3O2/c1-3-24(2)25-16-18-28(19-17-25)38-22-10-21-36-30-14-7-6-13-29(30)35-31(36)15-5-4-8-20-34-32(37)26-11-9-12-27(33)23-26/h6-7,9,11-14,16-19,23-24H,3-5,8,10,15,20-22H2,1-2H3,(H,34,37). The van der Waals surface area contributed by atoms with Gasteiger partial charge >= 0.3 is 0 Å². The van der Waals surface area contributed by atoms with Crippen LogP contribution >= 0.6 is 11.6 Å². The number of ether oxygens (including phenoxy) is 1. The molecule has 1 N–H and O–H groups in total. The molecule has 3 aromatic carbocycles. The first-order chi connectivity index (χ1) is 18.5. The Morgan fingerprint density at radius 1 is 1.00 bits per heavy atom. The number of nitrogens with one attached hydrogen (secondary N) is 1. The molecule has 200 valence electrons. The van der Waals surface area contributed by atoms with E-state index < -0.39 is 0 Å². The molecule has 4 aromatic rings. The second kappa shape index (κ2) is 14.0. The number of carbonyl (C=O) groups is 1. The Kier molecular flexibility index (Phi) is 10.2. The van der Waals surface area contributed by atoms with Crippen molar-refractivity contribution in [3.05, 3.63) is 94.8 Å². The largest absolute Gasteiger partial charge is 0.494 e. The van der Waals surface area contributed by atoms with Crippen LogP contribution in [0.3, 0.4) is 0 Å². The Balaban J connectivity index is 1.23. The number of aromatic nitrogens is 2. The fraction of sp³-hybridized carbons (Fsp3) is 0.375. The van der Waals surface area contributed by atoms with Gasteiger partial charge in [0.25, 0.3) is 5.91 Å². The van der Waals surface area contributed by atoms with E-state index >= 15 is 0 Å². The van der Waals surface area contributed by atoms with Crippen molar-refractivity contribution in [1.29, 1.82) is 0 Å². The maximum Gasteiger partial charge on any atom is 0.251 e. The maximum absolute atomic E-state index is 12.3. The number of rotatable bonds is 14. The lowest BCUT2D eigenvalue weighted by Crippen LogP contribution is -2.24. The van der Waals surface area contributed by atoms with E-state index in [1.807, 2.05) is 6.07 Å².